The van der Waals surface area contributed by atoms with Gasteiger partial charge in [0.15, 0.2) is 0 Å². The van der Waals surface area contributed by atoms with Gasteiger partial charge in [0.2, 0.25) is 0 Å². The van der Waals surface area contributed by atoms with Crippen LogP contribution >= 0.6 is 0 Å². The highest BCUT2D eigenvalue weighted by Gasteiger charge is 2.51. The topological polar surface area (TPSA) is 71.0 Å². The summed E-state index contributed by atoms with van der Waals surface area (Å²) in [6.07, 6.45) is 5.90. The van der Waals surface area contributed by atoms with Crippen molar-refractivity contribution in [1.82, 2.24) is 10.3 Å². The van der Waals surface area contributed by atoms with Gasteiger partial charge in [-0.05, 0) is 36.1 Å². The van der Waals surface area contributed by atoms with Crippen LogP contribution in [0.25, 0.3) is 0 Å². The van der Waals surface area contributed by atoms with E-state index in [0.29, 0.717) is 25.2 Å². The summed E-state index contributed by atoms with van der Waals surface area (Å²) in [4.78, 5) is 25.0. The van der Waals surface area contributed by atoms with Crippen molar-refractivity contribution >= 4 is 18.2 Å². The van der Waals surface area contributed by atoms with Gasteiger partial charge in [0, 0.05) is 0 Å². The minimum atomic E-state index is -0.757. The van der Waals surface area contributed by atoms with E-state index in [0.717, 1.165) is 35.4 Å². The molecular formula is C22H23N3O3. The number of benzene rings is 2. The van der Waals surface area contributed by atoms with Gasteiger partial charge in [-0.3, -0.25) is 4.79 Å². The van der Waals surface area contributed by atoms with Gasteiger partial charge in [-0.1, -0.05) is 61.7 Å². The van der Waals surface area contributed by atoms with Crippen molar-refractivity contribution in [2.75, 3.05) is 0 Å². The van der Waals surface area contributed by atoms with E-state index in [-0.39, 0.29) is 5.91 Å². The van der Waals surface area contributed by atoms with Crippen molar-refractivity contribution in [2.45, 2.75) is 44.2 Å². The van der Waals surface area contributed by atoms with E-state index < -0.39 is 11.6 Å². The average molecular weight is 377 g/mol. The average Bonchev–Trinajstić information content (AvgIpc) is 2.95. The van der Waals surface area contributed by atoms with Gasteiger partial charge in [-0.25, -0.2) is 4.79 Å². The zero-order valence-corrected chi connectivity index (χ0v) is 15.6. The lowest BCUT2D eigenvalue weighted by atomic mass is 9.82. The molecule has 6 heteroatoms. The molecule has 3 amide bonds. The van der Waals surface area contributed by atoms with Crippen LogP contribution in [-0.4, -0.2) is 28.7 Å². The standard InChI is InChI=1S/C22H23N3O3/c26-20-22(12-5-2-6-13-22)24-21(27)25(20)23-15-18-10-7-11-19(14-18)28-16-17-8-3-1-4-9-17/h1,3-4,7-11,14-15H,2,5-6,12-13,16H2,(H,24,27). The first-order chi connectivity index (χ1) is 13.7. The maximum Gasteiger partial charge on any atom is 0.346 e. The zero-order valence-electron chi connectivity index (χ0n) is 15.6. The summed E-state index contributed by atoms with van der Waals surface area (Å²) in [7, 11) is 0. The number of imide groups is 1. The Morgan fingerprint density at radius 3 is 2.61 bits per heavy atom. The molecule has 1 heterocycles. The third kappa shape index (κ3) is 3.76. The number of hydrogen-bond donors (Lipinski definition) is 1. The molecular weight excluding hydrogens is 354 g/mol. The highest BCUT2D eigenvalue weighted by atomic mass is 16.5. The highest BCUT2D eigenvalue weighted by molar-refractivity contribution is 6.07. The summed E-state index contributed by atoms with van der Waals surface area (Å²) in [6.45, 7) is 0.469. The summed E-state index contributed by atoms with van der Waals surface area (Å²) >= 11 is 0. The summed E-state index contributed by atoms with van der Waals surface area (Å²) in [5, 5.41) is 7.97. The molecule has 0 unspecified atom stereocenters. The van der Waals surface area contributed by atoms with E-state index in [1.165, 1.54) is 6.21 Å². The SMILES string of the molecule is O=C1NC2(CCCCC2)C(=O)N1N=Cc1cccc(OCc2ccccc2)c1. The maximum absolute atomic E-state index is 12.7. The number of hydrazone groups is 1. The zero-order chi connectivity index (χ0) is 19.4. The third-order valence-corrected chi connectivity index (χ3v) is 5.28. The molecule has 1 aliphatic heterocycles. The summed E-state index contributed by atoms with van der Waals surface area (Å²) in [5.74, 6) is 0.457. The van der Waals surface area contributed by atoms with E-state index in [1.807, 2.05) is 54.6 Å². The molecule has 2 aromatic carbocycles. The number of nitrogens with zero attached hydrogens (tertiary/aromatic N) is 2. The number of carbonyl (C=O) groups excluding carboxylic acids is 2. The van der Waals surface area contributed by atoms with Crippen molar-refractivity contribution in [3.05, 3.63) is 65.7 Å². The number of rotatable bonds is 5. The summed E-state index contributed by atoms with van der Waals surface area (Å²) in [5.41, 5.74) is 1.09. The van der Waals surface area contributed by atoms with Crippen LogP contribution < -0.4 is 10.1 Å². The second-order valence-electron chi connectivity index (χ2n) is 7.28. The number of amides is 3. The Balaban J connectivity index is 1.43. The second-order valence-corrected chi connectivity index (χ2v) is 7.28. The van der Waals surface area contributed by atoms with Gasteiger partial charge in [0.1, 0.15) is 17.9 Å². The molecule has 144 valence electrons. The lowest BCUT2D eigenvalue weighted by molar-refractivity contribution is -0.132. The third-order valence-electron chi connectivity index (χ3n) is 5.28. The van der Waals surface area contributed by atoms with Crippen molar-refractivity contribution < 1.29 is 14.3 Å². The number of carbonyl (C=O) groups is 2. The molecule has 0 atom stereocenters. The van der Waals surface area contributed by atoms with Gasteiger partial charge < -0.3 is 10.1 Å². The lowest BCUT2D eigenvalue weighted by Gasteiger charge is -2.29. The molecule has 28 heavy (non-hydrogen) atoms. The van der Waals surface area contributed by atoms with Gasteiger partial charge in [-0.15, -0.1) is 5.01 Å². The maximum atomic E-state index is 12.7. The second kappa shape index (κ2) is 7.84. The molecule has 2 fully saturated rings. The Morgan fingerprint density at radius 2 is 1.82 bits per heavy atom. The highest BCUT2D eigenvalue weighted by Crippen LogP contribution is 2.33. The van der Waals surface area contributed by atoms with Crippen LogP contribution in [-0.2, 0) is 11.4 Å². The quantitative estimate of drug-likeness (QED) is 0.635. The van der Waals surface area contributed by atoms with E-state index in [1.54, 1.807) is 0 Å². The minimum absolute atomic E-state index is 0.245. The Labute approximate surface area is 164 Å². The van der Waals surface area contributed by atoms with E-state index in [4.69, 9.17) is 4.74 Å². The molecule has 1 spiro atoms. The van der Waals surface area contributed by atoms with Gasteiger partial charge in [0.05, 0.1) is 6.21 Å². The summed E-state index contributed by atoms with van der Waals surface area (Å²) in [6, 6.07) is 16.9. The molecule has 1 N–H and O–H groups in total. The van der Waals surface area contributed by atoms with Crippen LogP contribution in [0.5, 0.6) is 5.75 Å². The van der Waals surface area contributed by atoms with Crippen LogP contribution in [0, 0.1) is 0 Å². The predicted molar refractivity (Wildman–Crippen MR) is 106 cm³/mol. The van der Waals surface area contributed by atoms with E-state index >= 15 is 0 Å². The van der Waals surface area contributed by atoms with Crippen LogP contribution in [0.4, 0.5) is 4.79 Å². The summed E-state index contributed by atoms with van der Waals surface area (Å²) < 4.78 is 5.82. The fourth-order valence-electron chi connectivity index (χ4n) is 3.76. The fourth-order valence-corrected chi connectivity index (χ4v) is 3.76. The van der Waals surface area contributed by atoms with E-state index in [2.05, 4.69) is 10.4 Å². The first-order valence-corrected chi connectivity index (χ1v) is 9.64. The molecule has 2 aromatic rings. The molecule has 4 rings (SSSR count). The van der Waals surface area contributed by atoms with Crippen LogP contribution in [0.1, 0.15) is 43.2 Å². The number of ether oxygens (including phenoxy) is 1. The Kier molecular flexibility index (Phi) is 5.10. The van der Waals surface area contributed by atoms with Gasteiger partial charge in [0.25, 0.3) is 5.91 Å². The van der Waals surface area contributed by atoms with Gasteiger partial charge in [-0.2, -0.15) is 5.10 Å². The Hall–Kier alpha value is -3.15. The van der Waals surface area contributed by atoms with Crippen molar-refractivity contribution in [3.63, 3.8) is 0 Å². The van der Waals surface area contributed by atoms with E-state index in [9.17, 15) is 9.59 Å². The fraction of sp³-hybridized carbons (Fsp3) is 0.318. The van der Waals surface area contributed by atoms with Gasteiger partial charge >= 0.3 is 6.03 Å². The first-order valence-electron chi connectivity index (χ1n) is 9.64. The first kappa shape index (κ1) is 18.2. The van der Waals surface area contributed by atoms with Crippen molar-refractivity contribution in [1.29, 1.82) is 0 Å². The molecule has 2 aliphatic rings. The normalized spacial score (nSPS) is 18.6. The Bertz CT molecular complexity index is 889. The molecule has 1 aliphatic carbocycles. The minimum Gasteiger partial charge on any atom is -0.489 e. The molecule has 1 saturated heterocycles. The monoisotopic (exact) mass is 377 g/mol. The van der Waals surface area contributed by atoms with Crippen LogP contribution in [0.3, 0.4) is 0 Å². The van der Waals surface area contributed by atoms with Crippen molar-refractivity contribution in [2.24, 2.45) is 5.10 Å². The number of urea groups is 1. The van der Waals surface area contributed by atoms with Crippen molar-refractivity contribution in [3.8, 4) is 5.75 Å². The molecule has 0 radical (unpaired) electrons. The molecule has 1 saturated carbocycles. The Morgan fingerprint density at radius 1 is 1.04 bits per heavy atom. The molecule has 0 bridgehead atoms. The van der Waals surface area contributed by atoms with Crippen LogP contribution in [0.15, 0.2) is 59.7 Å². The molecule has 6 nitrogen and oxygen atoms in total. The number of nitrogens with one attached hydrogen (secondary N) is 1. The molecule has 0 aromatic heterocycles. The largest absolute Gasteiger partial charge is 0.489 e. The number of hydrogen-bond acceptors (Lipinski definition) is 4. The smallest absolute Gasteiger partial charge is 0.346 e. The lowest BCUT2D eigenvalue weighted by Crippen LogP contribution is -2.48. The predicted octanol–water partition coefficient (Wildman–Crippen LogP) is 3.85. The van der Waals surface area contributed by atoms with Crippen LogP contribution in [0.2, 0.25) is 0 Å².